The highest BCUT2D eigenvalue weighted by molar-refractivity contribution is 5.93. The fourth-order valence-electron chi connectivity index (χ4n) is 3.49. The molecule has 0 aliphatic heterocycles. The first kappa shape index (κ1) is 24.1. The van der Waals surface area contributed by atoms with Crippen molar-refractivity contribution in [1.82, 2.24) is 10.6 Å². The number of ether oxygens (including phenoxy) is 1. The molecule has 0 aliphatic rings. The molecule has 2 N–H and O–H groups in total. The van der Waals surface area contributed by atoms with Crippen LogP contribution in [-0.4, -0.2) is 37.0 Å². The normalized spacial score (nSPS) is 12.8. The Morgan fingerprint density at radius 3 is 1.71 bits per heavy atom. The summed E-state index contributed by atoms with van der Waals surface area (Å²) in [6.07, 6.45) is 0.850. The number of amides is 2. The summed E-state index contributed by atoms with van der Waals surface area (Å²) < 4.78 is 4.76. The third-order valence-corrected chi connectivity index (χ3v) is 5.08. The lowest BCUT2D eigenvalue weighted by Gasteiger charge is -2.25. The van der Waals surface area contributed by atoms with E-state index in [0.717, 1.165) is 11.1 Å². The van der Waals surface area contributed by atoms with Gasteiger partial charge in [0.15, 0.2) is 0 Å². The molecule has 2 amide bonds. The number of esters is 1. The summed E-state index contributed by atoms with van der Waals surface area (Å²) >= 11 is 0. The molecule has 0 spiro atoms. The lowest BCUT2D eigenvalue weighted by Crippen LogP contribution is -2.52. The molecule has 0 aliphatic carbocycles. The van der Waals surface area contributed by atoms with Crippen LogP contribution in [0.15, 0.2) is 60.7 Å². The average molecular weight is 425 g/mol. The van der Waals surface area contributed by atoms with Crippen LogP contribution in [0.3, 0.4) is 0 Å². The third kappa shape index (κ3) is 6.95. The second-order valence-electron chi connectivity index (χ2n) is 7.94. The minimum Gasteiger partial charge on any atom is -0.467 e. The minimum atomic E-state index is -0.763. The van der Waals surface area contributed by atoms with E-state index in [-0.39, 0.29) is 17.7 Å². The van der Waals surface area contributed by atoms with Crippen LogP contribution in [0.2, 0.25) is 0 Å². The van der Waals surface area contributed by atoms with Crippen LogP contribution in [0.4, 0.5) is 0 Å². The second-order valence-corrected chi connectivity index (χ2v) is 7.94. The van der Waals surface area contributed by atoms with Crippen molar-refractivity contribution in [2.24, 2.45) is 5.92 Å². The van der Waals surface area contributed by atoms with Gasteiger partial charge < -0.3 is 15.4 Å². The molecule has 0 heterocycles. The fraction of sp³-hybridized carbons (Fsp3) is 0.400. The topological polar surface area (TPSA) is 84.5 Å². The molecule has 2 rings (SSSR count). The van der Waals surface area contributed by atoms with Gasteiger partial charge in [0.2, 0.25) is 11.8 Å². The lowest BCUT2D eigenvalue weighted by molar-refractivity contribution is -0.145. The molecule has 2 aromatic carbocycles. The molecule has 0 aromatic heterocycles. The number of carbonyl (C=O) groups excluding carboxylic acids is 3. The quantitative estimate of drug-likeness (QED) is 0.573. The minimum absolute atomic E-state index is 0.168. The van der Waals surface area contributed by atoms with Crippen molar-refractivity contribution in [2.45, 2.75) is 51.6 Å². The van der Waals surface area contributed by atoms with Gasteiger partial charge in [-0.2, -0.15) is 0 Å². The van der Waals surface area contributed by atoms with Crippen molar-refractivity contribution in [2.75, 3.05) is 7.11 Å². The zero-order valence-electron chi connectivity index (χ0n) is 18.6. The van der Waals surface area contributed by atoms with Gasteiger partial charge in [0.25, 0.3) is 0 Å². The van der Waals surface area contributed by atoms with Gasteiger partial charge in [-0.25, -0.2) is 4.79 Å². The van der Waals surface area contributed by atoms with Gasteiger partial charge in [0, 0.05) is 0 Å². The van der Waals surface area contributed by atoms with E-state index in [9.17, 15) is 14.4 Å². The Balaban J connectivity index is 2.28. The molecule has 0 saturated carbocycles. The van der Waals surface area contributed by atoms with E-state index in [1.165, 1.54) is 7.11 Å². The Morgan fingerprint density at radius 2 is 1.29 bits per heavy atom. The van der Waals surface area contributed by atoms with E-state index >= 15 is 0 Å². The van der Waals surface area contributed by atoms with E-state index < -0.39 is 24.0 Å². The van der Waals surface area contributed by atoms with Crippen LogP contribution < -0.4 is 10.6 Å². The summed E-state index contributed by atoms with van der Waals surface area (Å²) in [5, 5.41) is 5.65. The fourth-order valence-corrected chi connectivity index (χ4v) is 3.49. The highest BCUT2D eigenvalue weighted by Crippen LogP contribution is 2.25. The van der Waals surface area contributed by atoms with Gasteiger partial charge in [0.1, 0.15) is 12.1 Å². The highest BCUT2D eigenvalue weighted by atomic mass is 16.5. The van der Waals surface area contributed by atoms with Crippen LogP contribution in [-0.2, 0) is 19.1 Å². The number of carbonyl (C=O) groups is 3. The number of rotatable bonds is 10. The van der Waals surface area contributed by atoms with Crippen LogP contribution in [0, 0.1) is 5.92 Å². The molecule has 2 aromatic rings. The van der Waals surface area contributed by atoms with E-state index in [1.807, 2.05) is 74.5 Å². The van der Waals surface area contributed by atoms with Crippen LogP contribution >= 0.6 is 0 Å². The van der Waals surface area contributed by atoms with Gasteiger partial charge in [-0.15, -0.1) is 0 Å². The van der Waals surface area contributed by atoms with Crippen molar-refractivity contribution >= 4 is 17.8 Å². The van der Waals surface area contributed by atoms with Crippen LogP contribution in [0.5, 0.6) is 0 Å². The summed E-state index contributed by atoms with van der Waals surface area (Å²) in [6.45, 7) is 5.75. The van der Waals surface area contributed by atoms with Crippen molar-refractivity contribution in [3.8, 4) is 0 Å². The average Bonchev–Trinajstić information content (AvgIpc) is 2.77. The Kier molecular flexibility index (Phi) is 9.25. The molecular weight excluding hydrogens is 392 g/mol. The monoisotopic (exact) mass is 424 g/mol. The lowest BCUT2D eigenvalue weighted by atomic mass is 9.90. The van der Waals surface area contributed by atoms with E-state index in [0.29, 0.717) is 12.8 Å². The SMILES string of the molecule is CCC(NC(=O)[C@H](CC(C)C)NC(=O)C(c1ccccc1)c1ccccc1)C(=O)OC. The molecule has 1 unspecified atom stereocenters. The summed E-state index contributed by atoms with van der Waals surface area (Å²) in [7, 11) is 1.29. The first-order valence-corrected chi connectivity index (χ1v) is 10.7. The second kappa shape index (κ2) is 11.9. The molecule has 0 bridgehead atoms. The third-order valence-electron chi connectivity index (χ3n) is 5.08. The zero-order chi connectivity index (χ0) is 22.8. The molecule has 0 radical (unpaired) electrons. The van der Waals surface area contributed by atoms with Gasteiger partial charge in [-0.05, 0) is 29.9 Å². The maximum absolute atomic E-state index is 13.4. The van der Waals surface area contributed by atoms with Gasteiger partial charge >= 0.3 is 5.97 Å². The highest BCUT2D eigenvalue weighted by Gasteiger charge is 2.30. The molecule has 2 atom stereocenters. The molecule has 0 saturated heterocycles. The summed E-state index contributed by atoms with van der Waals surface area (Å²) in [4.78, 5) is 38.3. The number of benzene rings is 2. The van der Waals surface area contributed by atoms with Gasteiger partial charge in [-0.1, -0.05) is 81.4 Å². The molecule has 31 heavy (non-hydrogen) atoms. The summed E-state index contributed by atoms with van der Waals surface area (Å²) in [5.41, 5.74) is 1.69. The smallest absolute Gasteiger partial charge is 0.328 e. The largest absolute Gasteiger partial charge is 0.467 e. The molecular formula is C25H32N2O4. The standard InChI is InChI=1S/C25H32N2O4/c1-5-20(25(30)31-4)26-23(28)21(16-17(2)3)27-24(29)22(18-12-8-6-9-13-18)19-14-10-7-11-15-19/h6-15,17,20-22H,5,16H2,1-4H3,(H,26,28)(H,27,29)/t20?,21-/m0/s1. The number of hydrogen-bond acceptors (Lipinski definition) is 4. The van der Waals surface area contributed by atoms with Crippen molar-refractivity contribution < 1.29 is 19.1 Å². The Hall–Kier alpha value is -3.15. The van der Waals surface area contributed by atoms with Crippen molar-refractivity contribution in [3.05, 3.63) is 71.8 Å². The summed E-state index contributed by atoms with van der Waals surface area (Å²) in [5.74, 6) is -1.53. The van der Waals surface area contributed by atoms with Crippen molar-refractivity contribution in [3.63, 3.8) is 0 Å². The first-order valence-electron chi connectivity index (χ1n) is 10.7. The Labute approximate surface area is 184 Å². The number of methoxy groups -OCH3 is 1. The predicted molar refractivity (Wildman–Crippen MR) is 120 cm³/mol. The van der Waals surface area contributed by atoms with Crippen molar-refractivity contribution in [1.29, 1.82) is 0 Å². The van der Waals surface area contributed by atoms with Gasteiger partial charge in [0.05, 0.1) is 13.0 Å². The molecule has 6 heteroatoms. The van der Waals surface area contributed by atoms with Crippen LogP contribution in [0.25, 0.3) is 0 Å². The predicted octanol–water partition coefficient (Wildman–Crippen LogP) is 3.42. The first-order chi connectivity index (χ1) is 14.9. The number of nitrogens with one attached hydrogen (secondary N) is 2. The Bertz CT molecular complexity index is 813. The van der Waals surface area contributed by atoms with Crippen LogP contribution in [0.1, 0.15) is 50.7 Å². The number of hydrogen-bond donors (Lipinski definition) is 2. The maximum atomic E-state index is 13.4. The molecule has 6 nitrogen and oxygen atoms in total. The van der Waals surface area contributed by atoms with E-state index in [2.05, 4.69) is 10.6 Å². The van der Waals surface area contributed by atoms with E-state index in [1.54, 1.807) is 6.92 Å². The zero-order valence-corrected chi connectivity index (χ0v) is 18.6. The molecule has 166 valence electrons. The van der Waals surface area contributed by atoms with Gasteiger partial charge in [-0.3, -0.25) is 9.59 Å². The Morgan fingerprint density at radius 1 is 0.806 bits per heavy atom. The summed E-state index contributed by atoms with van der Waals surface area (Å²) in [6, 6.07) is 17.4. The molecule has 0 fully saturated rings. The maximum Gasteiger partial charge on any atom is 0.328 e. The van der Waals surface area contributed by atoms with E-state index in [4.69, 9.17) is 4.74 Å².